The maximum Gasteiger partial charge on any atom is 0.180 e. The number of halogens is 1. The second kappa shape index (κ2) is 4.58. The van der Waals surface area contributed by atoms with E-state index in [2.05, 4.69) is 15.0 Å². The molecule has 0 saturated heterocycles. The summed E-state index contributed by atoms with van der Waals surface area (Å²) in [4.78, 5) is 12.9. The van der Waals surface area contributed by atoms with Crippen molar-refractivity contribution in [2.45, 2.75) is 20.3 Å². The topological polar surface area (TPSA) is 38.7 Å². The Morgan fingerprint density at radius 1 is 1.31 bits per heavy atom. The lowest BCUT2D eigenvalue weighted by atomic mass is 10.2. The van der Waals surface area contributed by atoms with Gasteiger partial charge >= 0.3 is 0 Å². The zero-order valence-corrected chi connectivity index (χ0v) is 9.99. The van der Waals surface area contributed by atoms with Crippen LogP contribution in [0.3, 0.4) is 0 Å². The molecule has 0 bridgehead atoms. The van der Waals surface area contributed by atoms with Crippen LogP contribution in [0.1, 0.15) is 18.2 Å². The van der Waals surface area contributed by atoms with Crippen molar-refractivity contribution < 1.29 is 0 Å². The van der Waals surface area contributed by atoms with Crippen molar-refractivity contribution >= 4 is 11.6 Å². The molecule has 0 radical (unpaired) electrons. The molecule has 16 heavy (non-hydrogen) atoms. The Kier molecular flexibility index (Phi) is 3.15. The fourth-order valence-corrected chi connectivity index (χ4v) is 1.68. The molecule has 0 spiro atoms. The molecule has 0 fully saturated rings. The second-order valence-corrected chi connectivity index (χ2v) is 3.92. The normalized spacial score (nSPS) is 10.4. The smallest absolute Gasteiger partial charge is 0.180 e. The predicted octanol–water partition coefficient (Wildman–Crippen LogP) is 3.06. The van der Waals surface area contributed by atoms with E-state index in [1.54, 1.807) is 12.3 Å². The number of aryl methyl sites for hydroxylation is 2. The van der Waals surface area contributed by atoms with Gasteiger partial charge in [0.1, 0.15) is 10.8 Å². The molecule has 2 rings (SSSR count). The Morgan fingerprint density at radius 2 is 2.12 bits per heavy atom. The van der Waals surface area contributed by atoms with Gasteiger partial charge in [0.25, 0.3) is 0 Å². The van der Waals surface area contributed by atoms with E-state index in [4.69, 9.17) is 11.6 Å². The summed E-state index contributed by atoms with van der Waals surface area (Å²) in [5.41, 5.74) is 2.77. The van der Waals surface area contributed by atoms with Gasteiger partial charge in [-0.15, -0.1) is 0 Å². The summed E-state index contributed by atoms with van der Waals surface area (Å²) < 4.78 is 0. The lowest BCUT2D eigenvalue weighted by Gasteiger charge is -2.05. The Labute approximate surface area is 99.5 Å². The highest BCUT2D eigenvalue weighted by molar-refractivity contribution is 6.29. The molecule has 0 aliphatic carbocycles. The van der Waals surface area contributed by atoms with E-state index >= 15 is 0 Å². The molecule has 0 saturated carbocycles. The maximum atomic E-state index is 5.95. The van der Waals surface area contributed by atoms with Crippen LogP contribution in [0.4, 0.5) is 0 Å². The van der Waals surface area contributed by atoms with Gasteiger partial charge < -0.3 is 0 Å². The van der Waals surface area contributed by atoms with Gasteiger partial charge in [-0.3, -0.25) is 4.98 Å². The van der Waals surface area contributed by atoms with Crippen molar-refractivity contribution in [1.82, 2.24) is 15.0 Å². The molecule has 2 aromatic rings. The Balaban J connectivity index is 2.56. The fraction of sp³-hybridized carbons (Fsp3) is 0.250. The number of hydrogen-bond acceptors (Lipinski definition) is 3. The summed E-state index contributed by atoms with van der Waals surface area (Å²) in [5, 5.41) is 0.465. The molecule has 82 valence electrons. The monoisotopic (exact) mass is 233 g/mol. The van der Waals surface area contributed by atoms with Crippen LogP contribution in [0.2, 0.25) is 5.15 Å². The van der Waals surface area contributed by atoms with Crippen LogP contribution in [0.15, 0.2) is 24.4 Å². The van der Waals surface area contributed by atoms with Crippen LogP contribution in [0, 0.1) is 6.92 Å². The zero-order valence-electron chi connectivity index (χ0n) is 9.24. The van der Waals surface area contributed by atoms with Crippen LogP contribution in [0.5, 0.6) is 0 Å². The van der Waals surface area contributed by atoms with Crippen molar-refractivity contribution in [3.63, 3.8) is 0 Å². The van der Waals surface area contributed by atoms with Crippen LogP contribution in [-0.4, -0.2) is 15.0 Å². The quantitative estimate of drug-likeness (QED) is 0.749. The molecule has 0 amide bonds. The summed E-state index contributed by atoms with van der Waals surface area (Å²) in [6, 6.07) is 5.66. The average molecular weight is 234 g/mol. The van der Waals surface area contributed by atoms with Gasteiger partial charge in [-0.2, -0.15) is 0 Å². The molecular formula is C12H12ClN3. The first-order valence-corrected chi connectivity index (χ1v) is 5.54. The number of pyridine rings is 1. The van der Waals surface area contributed by atoms with Gasteiger partial charge in [0.2, 0.25) is 0 Å². The number of nitrogens with zero attached hydrogens (tertiary/aromatic N) is 3. The standard InChI is InChI=1S/C12H12ClN3/c1-3-9-7-10(13)16-12(15-9)11-8(2)5-4-6-14-11/h4-7H,3H2,1-2H3. The van der Waals surface area contributed by atoms with Crippen LogP contribution < -0.4 is 0 Å². The van der Waals surface area contributed by atoms with E-state index < -0.39 is 0 Å². The highest BCUT2D eigenvalue weighted by atomic mass is 35.5. The molecule has 2 aromatic heterocycles. The molecule has 4 heteroatoms. The van der Waals surface area contributed by atoms with Gasteiger partial charge in [-0.05, 0) is 31.0 Å². The average Bonchev–Trinajstić information content (AvgIpc) is 2.28. The van der Waals surface area contributed by atoms with Crippen LogP contribution in [-0.2, 0) is 6.42 Å². The van der Waals surface area contributed by atoms with Crippen molar-refractivity contribution in [2.75, 3.05) is 0 Å². The minimum Gasteiger partial charge on any atom is -0.253 e. The number of rotatable bonds is 2. The van der Waals surface area contributed by atoms with Crippen molar-refractivity contribution in [3.8, 4) is 11.5 Å². The molecule has 2 heterocycles. The van der Waals surface area contributed by atoms with Gasteiger partial charge in [0.15, 0.2) is 5.82 Å². The molecular weight excluding hydrogens is 222 g/mol. The highest BCUT2D eigenvalue weighted by Gasteiger charge is 2.08. The lowest BCUT2D eigenvalue weighted by molar-refractivity contribution is 0.995. The predicted molar refractivity (Wildman–Crippen MR) is 64.4 cm³/mol. The van der Waals surface area contributed by atoms with Gasteiger partial charge in [-0.1, -0.05) is 24.6 Å². The molecule has 3 nitrogen and oxygen atoms in total. The Bertz CT molecular complexity index is 511. The summed E-state index contributed by atoms with van der Waals surface area (Å²) in [6.45, 7) is 4.02. The van der Waals surface area contributed by atoms with Crippen molar-refractivity contribution in [1.29, 1.82) is 0 Å². The van der Waals surface area contributed by atoms with Crippen molar-refractivity contribution in [3.05, 3.63) is 40.8 Å². The lowest BCUT2D eigenvalue weighted by Crippen LogP contribution is -1.98. The van der Waals surface area contributed by atoms with Crippen LogP contribution in [0.25, 0.3) is 11.5 Å². The minimum absolute atomic E-state index is 0.465. The van der Waals surface area contributed by atoms with E-state index in [0.717, 1.165) is 23.4 Å². The molecule has 0 aromatic carbocycles. The third kappa shape index (κ3) is 2.19. The van der Waals surface area contributed by atoms with E-state index in [0.29, 0.717) is 11.0 Å². The molecule has 0 N–H and O–H groups in total. The van der Waals surface area contributed by atoms with Crippen molar-refractivity contribution in [2.24, 2.45) is 0 Å². The summed E-state index contributed by atoms with van der Waals surface area (Å²) >= 11 is 5.95. The SMILES string of the molecule is CCc1cc(Cl)nc(-c2ncccc2C)n1. The Hall–Kier alpha value is -1.48. The van der Waals surface area contributed by atoms with E-state index in [1.165, 1.54) is 0 Å². The van der Waals surface area contributed by atoms with Gasteiger partial charge in [-0.25, -0.2) is 9.97 Å². The first kappa shape index (κ1) is 11.0. The second-order valence-electron chi connectivity index (χ2n) is 3.53. The zero-order chi connectivity index (χ0) is 11.5. The van der Waals surface area contributed by atoms with Gasteiger partial charge in [0.05, 0.1) is 0 Å². The van der Waals surface area contributed by atoms with Crippen LogP contribution >= 0.6 is 11.6 Å². The molecule has 0 aliphatic heterocycles. The Morgan fingerprint density at radius 3 is 2.81 bits per heavy atom. The first-order chi connectivity index (χ1) is 7.70. The summed E-state index contributed by atoms with van der Waals surface area (Å²) in [6.07, 6.45) is 2.57. The molecule has 0 aliphatic rings. The third-order valence-corrected chi connectivity index (χ3v) is 2.53. The third-order valence-electron chi connectivity index (χ3n) is 2.33. The van der Waals surface area contributed by atoms with E-state index in [9.17, 15) is 0 Å². The van der Waals surface area contributed by atoms with Gasteiger partial charge in [0, 0.05) is 11.9 Å². The number of aromatic nitrogens is 3. The molecule has 0 unspecified atom stereocenters. The maximum absolute atomic E-state index is 5.95. The largest absolute Gasteiger partial charge is 0.253 e. The minimum atomic E-state index is 0.465. The summed E-state index contributed by atoms with van der Waals surface area (Å²) in [7, 11) is 0. The summed E-state index contributed by atoms with van der Waals surface area (Å²) in [5.74, 6) is 0.599. The first-order valence-electron chi connectivity index (χ1n) is 5.16. The van der Waals surface area contributed by atoms with E-state index in [1.807, 2.05) is 26.0 Å². The van der Waals surface area contributed by atoms with E-state index in [-0.39, 0.29) is 0 Å². The number of hydrogen-bond donors (Lipinski definition) is 0. The highest BCUT2D eigenvalue weighted by Crippen LogP contribution is 2.19. The fourth-order valence-electron chi connectivity index (χ4n) is 1.47. The molecule has 0 atom stereocenters.